The molecule has 0 aromatic heterocycles. The number of carbonyl (C=O) groups excluding carboxylic acids is 1. The number of carbonyl (C=O) groups is 1. The molecule has 0 bridgehead atoms. The van der Waals surface area contributed by atoms with Crippen LogP contribution in [-0.4, -0.2) is 11.6 Å². The minimum atomic E-state index is -0.0694. The number of hydrogen-bond acceptors (Lipinski definition) is 2. The van der Waals surface area contributed by atoms with E-state index in [1.54, 1.807) is 6.20 Å². The van der Waals surface area contributed by atoms with Crippen LogP contribution in [0.15, 0.2) is 29.0 Å². The first-order valence-corrected chi connectivity index (χ1v) is 3.51. The second-order valence-electron chi connectivity index (χ2n) is 2.69. The first kappa shape index (κ1) is 6.34. The smallest absolute Gasteiger partial charge is 0.270 e. The van der Waals surface area contributed by atoms with Gasteiger partial charge in [0.05, 0.1) is 0 Å². The molecule has 0 aliphatic carbocycles. The van der Waals surface area contributed by atoms with Gasteiger partial charge in [-0.05, 0) is 6.92 Å². The van der Waals surface area contributed by atoms with Gasteiger partial charge in [-0.3, -0.25) is 9.79 Å². The topological polar surface area (TPSA) is 41.5 Å². The molecule has 2 heterocycles. The highest BCUT2D eigenvalue weighted by Crippen LogP contribution is 2.17. The standard InChI is InChI=1S/C8H8N2O/c1-5-4-6-2-3-9-7(6)8(11)10-5/h2-4,6H,1H3,(H,10,11). The normalized spacial score (nSPS) is 27.4. The molecule has 1 N–H and O–H groups in total. The Morgan fingerprint density at radius 1 is 1.64 bits per heavy atom. The third kappa shape index (κ3) is 0.888. The molecule has 56 valence electrons. The predicted octanol–water partition coefficient (Wildman–Crippen LogP) is 0.605. The first-order valence-electron chi connectivity index (χ1n) is 3.51. The number of hydrogen-bond donors (Lipinski definition) is 1. The van der Waals surface area contributed by atoms with E-state index in [4.69, 9.17) is 0 Å². The van der Waals surface area contributed by atoms with Crippen molar-refractivity contribution in [2.24, 2.45) is 10.9 Å². The van der Waals surface area contributed by atoms with E-state index in [1.165, 1.54) is 0 Å². The predicted molar refractivity (Wildman–Crippen MR) is 42.0 cm³/mol. The van der Waals surface area contributed by atoms with Crippen molar-refractivity contribution in [2.45, 2.75) is 6.92 Å². The molecule has 0 radical (unpaired) electrons. The van der Waals surface area contributed by atoms with Gasteiger partial charge in [0.2, 0.25) is 0 Å². The summed E-state index contributed by atoms with van der Waals surface area (Å²) in [4.78, 5) is 15.1. The SMILES string of the molecule is CC1=CC2C=CN=C2C(=O)N1. The number of fused-ring (bicyclic) bond motifs is 1. The lowest BCUT2D eigenvalue weighted by Gasteiger charge is -2.15. The Kier molecular flexibility index (Phi) is 1.18. The molecule has 0 spiro atoms. The summed E-state index contributed by atoms with van der Waals surface area (Å²) in [6.45, 7) is 1.88. The summed E-state index contributed by atoms with van der Waals surface area (Å²) in [5.41, 5.74) is 1.51. The molecule has 3 heteroatoms. The molecule has 0 fully saturated rings. The third-order valence-corrected chi connectivity index (χ3v) is 1.80. The van der Waals surface area contributed by atoms with Gasteiger partial charge in [0, 0.05) is 17.8 Å². The molecule has 0 saturated heterocycles. The summed E-state index contributed by atoms with van der Waals surface area (Å²) in [5, 5.41) is 2.70. The Labute approximate surface area is 64.5 Å². The van der Waals surface area contributed by atoms with E-state index >= 15 is 0 Å². The minimum absolute atomic E-state index is 0.0694. The number of nitrogens with zero attached hydrogens (tertiary/aromatic N) is 1. The molecular formula is C8H8N2O. The monoisotopic (exact) mass is 148 g/mol. The highest BCUT2D eigenvalue weighted by molar-refractivity contribution is 6.42. The van der Waals surface area contributed by atoms with Crippen molar-refractivity contribution >= 4 is 11.6 Å². The van der Waals surface area contributed by atoms with Gasteiger partial charge in [-0.15, -0.1) is 0 Å². The Hall–Kier alpha value is -1.38. The molecule has 2 rings (SSSR count). The molecule has 11 heavy (non-hydrogen) atoms. The molecule has 0 aromatic carbocycles. The van der Waals surface area contributed by atoms with E-state index in [-0.39, 0.29) is 11.8 Å². The lowest BCUT2D eigenvalue weighted by molar-refractivity contribution is -0.114. The third-order valence-electron chi connectivity index (χ3n) is 1.80. The number of allylic oxidation sites excluding steroid dienone is 3. The van der Waals surface area contributed by atoms with Crippen molar-refractivity contribution < 1.29 is 4.79 Å². The van der Waals surface area contributed by atoms with Crippen LogP contribution in [0.1, 0.15) is 6.92 Å². The van der Waals surface area contributed by atoms with E-state index in [1.807, 2.05) is 19.1 Å². The van der Waals surface area contributed by atoms with E-state index < -0.39 is 0 Å². The van der Waals surface area contributed by atoms with Crippen LogP contribution in [0.4, 0.5) is 0 Å². The van der Waals surface area contributed by atoms with Gasteiger partial charge in [-0.1, -0.05) is 12.2 Å². The zero-order valence-corrected chi connectivity index (χ0v) is 6.16. The fraction of sp³-hybridized carbons (Fsp3) is 0.250. The van der Waals surface area contributed by atoms with E-state index in [0.29, 0.717) is 5.71 Å². The van der Waals surface area contributed by atoms with Gasteiger partial charge < -0.3 is 5.32 Å². The van der Waals surface area contributed by atoms with Crippen LogP contribution < -0.4 is 5.32 Å². The molecule has 2 aliphatic rings. The molecule has 3 nitrogen and oxygen atoms in total. The Balaban J connectivity index is 2.42. The maximum Gasteiger partial charge on any atom is 0.270 e. The molecule has 1 amide bonds. The molecule has 2 aliphatic heterocycles. The fourth-order valence-electron chi connectivity index (χ4n) is 1.29. The molecule has 1 atom stereocenters. The van der Waals surface area contributed by atoms with Crippen LogP contribution in [0.2, 0.25) is 0 Å². The number of amides is 1. The highest BCUT2D eigenvalue weighted by Gasteiger charge is 2.25. The number of aliphatic imine (C=N–C) groups is 1. The van der Waals surface area contributed by atoms with Crippen molar-refractivity contribution in [2.75, 3.05) is 0 Å². The quantitative estimate of drug-likeness (QED) is 0.537. The van der Waals surface area contributed by atoms with Crippen LogP contribution >= 0.6 is 0 Å². The van der Waals surface area contributed by atoms with Crippen molar-refractivity contribution in [1.29, 1.82) is 0 Å². The fourth-order valence-corrected chi connectivity index (χ4v) is 1.29. The van der Waals surface area contributed by atoms with Crippen LogP contribution in [0.5, 0.6) is 0 Å². The molecular weight excluding hydrogens is 140 g/mol. The zero-order valence-electron chi connectivity index (χ0n) is 6.16. The summed E-state index contributed by atoms with van der Waals surface area (Å²) in [5.74, 6) is 0.0451. The largest absolute Gasteiger partial charge is 0.325 e. The summed E-state index contributed by atoms with van der Waals surface area (Å²) in [6, 6.07) is 0. The van der Waals surface area contributed by atoms with Crippen LogP contribution in [0, 0.1) is 5.92 Å². The second kappa shape index (κ2) is 2.05. The van der Waals surface area contributed by atoms with Crippen LogP contribution in [0.25, 0.3) is 0 Å². The molecule has 0 aromatic rings. The van der Waals surface area contributed by atoms with Gasteiger partial charge in [0.15, 0.2) is 0 Å². The zero-order chi connectivity index (χ0) is 7.84. The Morgan fingerprint density at radius 3 is 3.27 bits per heavy atom. The lowest BCUT2D eigenvalue weighted by atomic mass is 10.00. The molecule has 1 unspecified atom stereocenters. The van der Waals surface area contributed by atoms with Crippen LogP contribution in [0.3, 0.4) is 0 Å². The summed E-state index contributed by atoms with van der Waals surface area (Å²) in [7, 11) is 0. The number of nitrogens with one attached hydrogen (secondary N) is 1. The van der Waals surface area contributed by atoms with Gasteiger partial charge in [-0.25, -0.2) is 0 Å². The summed E-state index contributed by atoms with van der Waals surface area (Å²) in [6.07, 6.45) is 5.58. The maximum absolute atomic E-state index is 11.2. The Morgan fingerprint density at radius 2 is 2.45 bits per heavy atom. The summed E-state index contributed by atoms with van der Waals surface area (Å²) < 4.78 is 0. The first-order chi connectivity index (χ1) is 5.27. The van der Waals surface area contributed by atoms with E-state index in [2.05, 4.69) is 10.3 Å². The maximum atomic E-state index is 11.2. The van der Waals surface area contributed by atoms with E-state index in [9.17, 15) is 4.79 Å². The summed E-state index contributed by atoms with van der Waals surface area (Å²) >= 11 is 0. The van der Waals surface area contributed by atoms with Crippen molar-refractivity contribution in [3.63, 3.8) is 0 Å². The van der Waals surface area contributed by atoms with Gasteiger partial charge >= 0.3 is 0 Å². The highest BCUT2D eigenvalue weighted by atomic mass is 16.2. The minimum Gasteiger partial charge on any atom is -0.325 e. The number of rotatable bonds is 0. The lowest BCUT2D eigenvalue weighted by Crippen LogP contribution is -2.36. The average Bonchev–Trinajstić information content (AvgIpc) is 2.34. The van der Waals surface area contributed by atoms with Crippen LogP contribution in [-0.2, 0) is 4.79 Å². The average molecular weight is 148 g/mol. The molecule has 0 saturated carbocycles. The van der Waals surface area contributed by atoms with Crippen molar-refractivity contribution in [3.8, 4) is 0 Å². The van der Waals surface area contributed by atoms with Crippen molar-refractivity contribution in [3.05, 3.63) is 24.0 Å². The Bertz CT molecular complexity index is 299. The van der Waals surface area contributed by atoms with Gasteiger partial charge in [0.1, 0.15) is 5.71 Å². The second-order valence-corrected chi connectivity index (χ2v) is 2.69. The van der Waals surface area contributed by atoms with Crippen molar-refractivity contribution in [1.82, 2.24) is 5.32 Å². The van der Waals surface area contributed by atoms with Gasteiger partial charge in [0.25, 0.3) is 5.91 Å². The van der Waals surface area contributed by atoms with Gasteiger partial charge in [-0.2, -0.15) is 0 Å². The van der Waals surface area contributed by atoms with E-state index in [0.717, 1.165) is 5.70 Å².